The second kappa shape index (κ2) is 13.9. The summed E-state index contributed by atoms with van der Waals surface area (Å²) in [5, 5.41) is 30.6. The van der Waals surface area contributed by atoms with Gasteiger partial charge in [-0.2, -0.15) is 0 Å². The minimum Gasteiger partial charge on any atom is -0.508 e. The van der Waals surface area contributed by atoms with E-state index in [9.17, 15) is 19.7 Å². The Kier molecular flexibility index (Phi) is 10.6. The maximum absolute atomic E-state index is 13.4. The number of aromatic hydroxyl groups is 2. The van der Waals surface area contributed by atoms with Crippen LogP contribution in [0.15, 0.2) is 66.7 Å². The van der Waals surface area contributed by atoms with Crippen molar-refractivity contribution in [1.82, 2.24) is 4.90 Å². The first-order valence-electron chi connectivity index (χ1n) is 12.6. The van der Waals surface area contributed by atoms with E-state index in [2.05, 4.69) is 23.1 Å². The monoisotopic (exact) mass is 479 g/mol. The topological polar surface area (TPSA) is 63.9 Å². The van der Waals surface area contributed by atoms with E-state index in [1.165, 1.54) is 23.8 Å². The smallest absolute Gasteiger partial charge is 0.123 e. The normalized spacial score (nSPS) is 12.2. The first-order chi connectivity index (χ1) is 16.9. The van der Waals surface area contributed by atoms with Gasteiger partial charge in [0.15, 0.2) is 0 Å². The van der Waals surface area contributed by atoms with E-state index in [0.29, 0.717) is 37.1 Å². The molecule has 0 saturated carbocycles. The van der Waals surface area contributed by atoms with Crippen molar-refractivity contribution >= 4 is 0 Å². The van der Waals surface area contributed by atoms with Crippen molar-refractivity contribution in [2.24, 2.45) is 0 Å². The van der Waals surface area contributed by atoms with Crippen molar-refractivity contribution in [1.29, 1.82) is 0 Å². The predicted octanol–water partition coefficient (Wildman–Crippen LogP) is 6.14. The zero-order valence-corrected chi connectivity index (χ0v) is 20.7. The first-order valence-corrected chi connectivity index (χ1v) is 12.6. The minimum absolute atomic E-state index is 0.102. The maximum atomic E-state index is 13.4. The van der Waals surface area contributed by atoms with Gasteiger partial charge in [0.05, 0.1) is 6.10 Å². The first kappa shape index (κ1) is 26.7. The molecule has 0 heterocycles. The lowest BCUT2D eigenvalue weighted by molar-refractivity contribution is 0.0986. The van der Waals surface area contributed by atoms with Crippen LogP contribution in [0.3, 0.4) is 0 Å². The molecule has 0 unspecified atom stereocenters. The van der Waals surface area contributed by atoms with E-state index >= 15 is 0 Å². The third-order valence-corrected chi connectivity index (χ3v) is 6.40. The molecule has 3 aromatic carbocycles. The molecule has 5 heteroatoms. The highest BCUT2D eigenvalue weighted by molar-refractivity contribution is 5.35. The lowest BCUT2D eigenvalue weighted by Gasteiger charge is -2.25. The number of aliphatic hydroxyl groups is 1. The number of rotatable bonds is 14. The molecule has 0 spiro atoms. The lowest BCUT2D eigenvalue weighted by Crippen LogP contribution is -2.33. The summed E-state index contributed by atoms with van der Waals surface area (Å²) in [5.74, 6) is 0.117. The summed E-state index contributed by atoms with van der Waals surface area (Å²) in [4.78, 5) is 2.30. The van der Waals surface area contributed by atoms with E-state index in [1.54, 1.807) is 6.07 Å². The fourth-order valence-electron chi connectivity index (χ4n) is 4.49. The predicted molar refractivity (Wildman–Crippen MR) is 139 cm³/mol. The molecule has 3 aromatic rings. The standard InChI is InChI=1S/C30H38FNO3/c1-23-14-16-29(34)25(19-23)11-6-3-7-18-32(21-24-9-4-2-5-10-24)22-28(33)13-8-12-26-20-27(31)15-17-30(26)35/h2,4-5,9-10,14-17,19-20,28,33-35H,3,6-8,11-13,18,21-22H2,1H3/t28-/m1/s1. The van der Waals surface area contributed by atoms with Gasteiger partial charge in [0.25, 0.3) is 0 Å². The molecule has 4 nitrogen and oxygen atoms in total. The molecule has 0 saturated heterocycles. The van der Waals surface area contributed by atoms with Gasteiger partial charge in [0.2, 0.25) is 0 Å². The van der Waals surface area contributed by atoms with Crippen molar-refractivity contribution in [3.8, 4) is 11.5 Å². The summed E-state index contributed by atoms with van der Waals surface area (Å²) >= 11 is 0. The minimum atomic E-state index is -0.487. The van der Waals surface area contributed by atoms with Crippen LogP contribution in [0.1, 0.15) is 54.4 Å². The number of unbranched alkanes of at least 4 members (excludes halogenated alkanes) is 2. The molecule has 0 radical (unpaired) electrons. The molecular weight excluding hydrogens is 441 g/mol. The molecule has 0 aliphatic heterocycles. The highest BCUT2D eigenvalue weighted by Gasteiger charge is 2.13. The molecule has 0 amide bonds. The van der Waals surface area contributed by atoms with Crippen LogP contribution in [0.2, 0.25) is 0 Å². The van der Waals surface area contributed by atoms with Gasteiger partial charge in [-0.25, -0.2) is 4.39 Å². The van der Waals surface area contributed by atoms with Crippen molar-refractivity contribution in [3.63, 3.8) is 0 Å². The van der Waals surface area contributed by atoms with E-state index in [-0.39, 0.29) is 11.6 Å². The van der Waals surface area contributed by atoms with Crippen LogP contribution in [0.5, 0.6) is 11.5 Å². The molecule has 188 valence electrons. The second-order valence-electron chi connectivity index (χ2n) is 9.48. The molecule has 35 heavy (non-hydrogen) atoms. The van der Waals surface area contributed by atoms with E-state index in [1.807, 2.05) is 31.2 Å². The van der Waals surface area contributed by atoms with Crippen LogP contribution in [0.4, 0.5) is 4.39 Å². The number of aryl methyl sites for hydroxylation is 3. The van der Waals surface area contributed by atoms with Gasteiger partial charge in [-0.3, -0.25) is 4.90 Å². The van der Waals surface area contributed by atoms with Crippen LogP contribution in [-0.2, 0) is 19.4 Å². The number of nitrogens with zero attached hydrogens (tertiary/aromatic N) is 1. The number of benzene rings is 3. The third-order valence-electron chi connectivity index (χ3n) is 6.40. The summed E-state index contributed by atoms with van der Waals surface area (Å²) in [5.41, 5.74) is 3.96. The van der Waals surface area contributed by atoms with E-state index in [4.69, 9.17) is 0 Å². The Bertz CT molecular complexity index is 1040. The average Bonchev–Trinajstić information content (AvgIpc) is 2.83. The van der Waals surface area contributed by atoms with Gasteiger partial charge in [0.1, 0.15) is 17.3 Å². The Morgan fingerprint density at radius 1 is 0.800 bits per heavy atom. The summed E-state index contributed by atoms with van der Waals surface area (Å²) < 4.78 is 13.4. The van der Waals surface area contributed by atoms with Gasteiger partial charge < -0.3 is 15.3 Å². The zero-order chi connectivity index (χ0) is 25.0. The Hall–Kier alpha value is -2.89. The summed E-state index contributed by atoms with van der Waals surface area (Å²) in [6, 6.07) is 20.0. The quantitative estimate of drug-likeness (QED) is 0.243. The molecule has 3 rings (SSSR count). The molecule has 0 aliphatic rings. The molecule has 0 bridgehead atoms. The average molecular weight is 480 g/mol. The lowest BCUT2D eigenvalue weighted by atomic mass is 10.0. The van der Waals surface area contributed by atoms with Gasteiger partial charge in [-0.05, 0) is 92.9 Å². The van der Waals surface area contributed by atoms with Crippen LogP contribution < -0.4 is 0 Å². The fourth-order valence-corrected chi connectivity index (χ4v) is 4.49. The number of phenolic OH excluding ortho intramolecular Hbond substituents is 2. The molecular formula is C30H38FNO3. The van der Waals surface area contributed by atoms with Gasteiger partial charge in [-0.1, -0.05) is 54.4 Å². The van der Waals surface area contributed by atoms with Crippen LogP contribution >= 0.6 is 0 Å². The van der Waals surface area contributed by atoms with Gasteiger partial charge in [0, 0.05) is 13.1 Å². The SMILES string of the molecule is Cc1ccc(O)c(CCCCCN(Cc2ccccc2)C[C@H](O)CCCc2cc(F)ccc2O)c1. The Balaban J connectivity index is 1.46. The molecule has 3 N–H and O–H groups in total. The van der Waals surface area contributed by atoms with Crippen molar-refractivity contribution in [2.75, 3.05) is 13.1 Å². The van der Waals surface area contributed by atoms with Crippen LogP contribution in [-0.4, -0.2) is 39.4 Å². The molecule has 1 atom stereocenters. The molecule has 0 aromatic heterocycles. The van der Waals surface area contributed by atoms with Crippen molar-refractivity contribution in [2.45, 2.75) is 64.5 Å². The third kappa shape index (κ3) is 9.35. The summed E-state index contributed by atoms with van der Waals surface area (Å²) in [6.45, 7) is 4.27. The summed E-state index contributed by atoms with van der Waals surface area (Å²) in [6.07, 6.45) is 5.25. The highest BCUT2D eigenvalue weighted by atomic mass is 19.1. The fraction of sp³-hybridized carbons (Fsp3) is 0.400. The molecule has 0 fully saturated rings. The van der Waals surface area contributed by atoms with E-state index < -0.39 is 6.10 Å². The zero-order valence-electron chi connectivity index (χ0n) is 20.7. The number of halogens is 1. The largest absolute Gasteiger partial charge is 0.508 e. The van der Waals surface area contributed by atoms with E-state index in [0.717, 1.165) is 49.9 Å². The highest BCUT2D eigenvalue weighted by Crippen LogP contribution is 2.22. The number of phenols is 2. The maximum Gasteiger partial charge on any atom is 0.123 e. The van der Waals surface area contributed by atoms with Gasteiger partial charge in [-0.15, -0.1) is 0 Å². The second-order valence-corrected chi connectivity index (χ2v) is 9.48. The number of hydrogen-bond donors (Lipinski definition) is 3. The van der Waals surface area contributed by atoms with Gasteiger partial charge >= 0.3 is 0 Å². The number of hydrogen-bond acceptors (Lipinski definition) is 4. The summed E-state index contributed by atoms with van der Waals surface area (Å²) in [7, 11) is 0. The Labute approximate surface area is 208 Å². The number of aliphatic hydroxyl groups excluding tert-OH is 1. The molecule has 0 aliphatic carbocycles. The van der Waals surface area contributed by atoms with Crippen LogP contribution in [0.25, 0.3) is 0 Å². The Morgan fingerprint density at radius 2 is 1.49 bits per heavy atom. The van der Waals surface area contributed by atoms with Crippen molar-refractivity contribution < 1.29 is 19.7 Å². The van der Waals surface area contributed by atoms with Crippen molar-refractivity contribution in [3.05, 3.63) is 94.8 Å². The van der Waals surface area contributed by atoms with Crippen LogP contribution in [0, 0.1) is 12.7 Å². The Morgan fingerprint density at radius 3 is 2.26 bits per heavy atom.